The van der Waals surface area contributed by atoms with Gasteiger partial charge in [0.15, 0.2) is 0 Å². The van der Waals surface area contributed by atoms with E-state index in [-0.39, 0.29) is 6.61 Å². The quantitative estimate of drug-likeness (QED) is 0.782. The van der Waals surface area contributed by atoms with Crippen LogP contribution in [0.2, 0.25) is 0 Å². The normalized spacial score (nSPS) is 15.4. The Labute approximate surface area is 85.8 Å². The van der Waals surface area contributed by atoms with Crippen molar-refractivity contribution in [2.45, 2.75) is 39.7 Å². The van der Waals surface area contributed by atoms with Gasteiger partial charge in [0.2, 0.25) is 0 Å². The minimum absolute atomic E-state index is 0.232. The Hall–Kier alpha value is -0.830. The van der Waals surface area contributed by atoms with Gasteiger partial charge in [0.25, 0.3) is 0 Å². The molecule has 1 heterocycles. The van der Waals surface area contributed by atoms with Crippen LogP contribution >= 0.6 is 0 Å². The number of aliphatic hydroxyl groups excluding tert-OH is 1. The van der Waals surface area contributed by atoms with Gasteiger partial charge in [0.1, 0.15) is 0 Å². The maximum atomic E-state index is 8.92. The van der Waals surface area contributed by atoms with E-state index < -0.39 is 0 Å². The van der Waals surface area contributed by atoms with Crippen LogP contribution in [0.1, 0.15) is 38.9 Å². The maximum Gasteiger partial charge on any atom is 0.0628 e. The Bertz CT molecular complexity index is 270. The van der Waals surface area contributed by atoms with Crippen LogP contribution in [-0.4, -0.2) is 21.5 Å². The second-order valence-corrected chi connectivity index (χ2v) is 4.04. The van der Waals surface area contributed by atoms with Gasteiger partial charge < -0.3 is 5.11 Å². The van der Waals surface area contributed by atoms with Crippen LogP contribution in [0.3, 0.4) is 0 Å². The third-order valence-corrected chi connectivity index (χ3v) is 2.58. The first-order valence-electron chi connectivity index (χ1n) is 5.32. The average Bonchev–Trinajstić information content (AvgIpc) is 2.65. The lowest BCUT2D eigenvalue weighted by Crippen LogP contribution is -2.08. The van der Waals surface area contributed by atoms with Gasteiger partial charge in [-0.15, -0.1) is 0 Å². The lowest BCUT2D eigenvalue weighted by molar-refractivity contribution is 0.236. The lowest BCUT2D eigenvalue weighted by Gasteiger charge is -2.08. The van der Waals surface area contributed by atoms with E-state index in [0.717, 1.165) is 18.5 Å². The van der Waals surface area contributed by atoms with Crippen LogP contribution in [0, 0.1) is 5.92 Å². The second kappa shape index (κ2) is 5.15. The van der Waals surface area contributed by atoms with Crippen molar-refractivity contribution in [3.05, 3.63) is 18.0 Å². The van der Waals surface area contributed by atoms with E-state index in [1.54, 1.807) is 0 Å². The molecule has 0 saturated heterocycles. The highest BCUT2D eigenvalue weighted by Crippen LogP contribution is 2.11. The lowest BCUT2D eigenvalue weighted by atomic mass is 10.1. The highest BCUT2D eigenvalue weighted by molar-refractivity contribution is 5.00. The molecule has 0 radical (unpaired) electrons. The van der Waals surface area contributed by atoms with Gasteiger partial charge in [0, 0.05) is 18.8 Å². The molecule has 0 aliphatic rings. The third kappa shape index (κ3) is 2.84. The van der Waals surface area contributed by atoms with E-state index in [4.69, 9.17) is 5.11 Å². The molecule has 0 spiro atoms. The van der Waals surface area contributed by atoms with E-state index in [0.29, 0.717) is 12.0 Å². The molecule has 1 N–H and O–H groups in total. The molecular formula is C11H20N2O. The summed E-state index contributed by atoms with van der Waals surface area (Å²) in [5, 5.41) is 13.4. The first kappa shape index (κ1) is 11.2. The highest BCUT2D eigenvalue weighted by atomic mass is 16.3. The average molecular weight is 196 g/mol. The second-order valence-electron chi connectivity index (χ2n) is 4.04. The predicted molar refractivity (Wildman–Crippen MR) is 57.2 cm³/mol. The van der Waals surface area contributed by atoms with Crippen LogP contribution in [-0.2, 0) is 6.42 Å². The molecule has 2 atom stereocenters. The van der Waals surface area contributed by atoms with Crippen molar-refractivity contribution in [3.63, 3.8) is 0 Å². The van der Waals surface area contributed by atoms with E-state index in [9.17, 15) is 0 Å². The summed E-state index contributed by atoms with van der Waals surface area (Å²) in [6, 6.07) is 2.51. The molecule has 1 aromatic heterocycles. The van der Waals surface area contributed by atoms with Crippen molar-refractivity contribution in [2.75, 3.05) is 6.61 Å². The topological polar surface area (TPSA) is 38.0 Å². The van der Waals surface area contributed by atoms with Crippen molar-refractivity contribution in [1.29, 1.82) is 0 Å². The summed E-state index contributed by atoms with van der Waals surface area (Å²) < 4.78 is 2.00. The van der Waals surface area contributed by atoms with Gasteiger partial charge in [0.05, 0.1) is 5.69 Å². The molecule has 2 unspecified atom stereocenters. The summed E-state index contributed by atoms with van der Waals surface area (Å²) in [6.45, 7) is 6.58. The molecule has 0 amide bonds. The SMILES string of the molecule is CCC(C)n1ccc(CC(C)CO)n1. The van der Waals surface area contributed by atoms with E-state index in [2.05, 4.69) is 18.9 Å². The molecule has 0 aliphatic heterocycles. The molecule has 3 nitrogen and oxygen atoms in total. The van der Waals surface area contributed by atoms with E-state index in [1.165, 1.54) is 0 Å². The largest absolute Gasteiger partial charge is 0.396 e. The van der Waals surface area contributed by atoms with Gasteiger partial charge in [-0.1, -0.05) is 13.8 Å². The van der Waals surface area contributed by atoms with Crippen LogP contribution < -0.4 is 0 Å². The Morgan fingerprint density at radius 3 is 2.79 bits per heavy atom. The van der Waals surface area contributed by atoms with Gasteiger partial charge >= 0.3 is 0 Å². The Kier molecular flexibility index (Phi) is 4.14. The van der Waals surface area contributed by atoms with Crippen molar-refractivity contribution >= 4 is 0 Å². The Balaban J connectivity index is 2.59. The number of aliphatic hydroxyl groups is 1. The number of rotatable bonds is 5. The smallest absolute Gasteiger partial charge is 0.0628 e. The molecular weight excluding hydrogens is 176 g/mol. The number of hydrogen-bond donors (Lipinski definition) is 1. The minimum atomic E-state index is 0.232. The Morgan fingerprint density at radius 1 is 1.50 bits per heavy atom. The molecule has 0 bridgehead atoms. The van der Waals surface area contributed by atoms with Gasteiger partial charge in [-0.05, 0) is 31.7 Å². The van der Waals surface area contributed by atoms with Gasteiger partial charge in [-0.25, -0.2) is 0 Å². The predicted octanol–water partition coefficient (Wildman–Crippen LogP) is 2.02. The molecule has 80 valence electrons. The summed E-state index contributed by atoms with van der Waals surface area (Å²) in [5.74, 6) is 0.301. The van der Waals surface area contributed by atoms with E-state index in [1.807, 2.05) is 23.9 Å². The maximum absolute atomic E-state index is 8.92. The van der Waals surface area contributed by atoms with Crippen molar-refractivity contribution < 1.29 is 5.11 Å². The fourth-order valence-electron chi connectivity index (χ4n) is 1.34. The van der Waals surface area contributed by atoms with E-state index >= 15 is 0 Å². The zero-order chi connectivity index (χ0) is 10.6. The van der Waals surface area contributed by atoms with Gasteiger partial charge in [-0.3, -0.25) is 4.68 Å². The summed E-state index contributed by atoms with van der Waals surface area (Å²) in [6.07, 6.45) is 3.98. The zero-order valence-corrected chi connectivity index (χ0v) is 9.27. The van der Waals surface area contributed by atoms with Crippen LogP contribution in [0.25, 0.3) is 0 Å². The molecule has 1 aromatic rings. The summed E-state index contributed by atoms with van der Waals surface area (Å²) in [5.41, 5.74) is 1.08. The number of aromatic nitrogens is 2. The van der Waals surface area contributed by atoms with Crippen molar-refractivity contribution in [2.24, 2.45) is 5.92 Å². The summed E-state index contributed by atoms with van der Waals surface area (Å²) in [4.78, 5) is 0. The fraction of sp³-hybridized carbons (Fsp3) is 0.727. The first-order valence-corrected chi connectivity index (χ1v) is 5.32. The highest BCUT2D eigenvalue weighted by Gasteiger charge is 2.07. The molecule has 3 heteroatoms. The van der Waals surface area contributed by atoms with Crippen molar-refractivity contribution in [3.8, 4) is 0 Å². The molecule has 0 aliphatic carbocycles. The summed E-state index contributed by atoms with van der Waals surface area (Å²) in [7, 11) is 0. The first-order chi connectivity index (χ1) is 6.67. The monoisotopic (exact) mass is 196 g/mol. The molecule has 0 fully saturated rings. The summed E-state index contributed by atoms with van der Waals surface area (Å²) >= 11 is 0. The standard InChI is InChI=1S/C11H20N2O/c1-4-10(3)13-6-5-11(12-13)7-9(2)8-14/h5-6,9-10,14H,4,7-8H2,1-3H3. The molecule has 0 saturated carbocycles. The fourth-order valence-corrected chi connectivity index (χ4v) is 1.34. The molecule has 1 rings (SSSR count). The van der Waals surface area contributed by atoms with Crippen molar-refractivity contribution in [1.82, 2.24) is 9.78 Å². The minimum Gasteiger partial charge on any atom is -0.396 e. The number of nitrogens with zero attached hydrogens (tertiary/aromatic N) is 2. The van der Waals surface area contributed by atoms with Crippen LogP contribution in [0.5, 0.6) is 0 Å². The molecule has 0 aromatic carbocycles. The van der Waals surface area contributed by atoms with Crippen LogP contribution in [0.4, 0.5) is 0 Å². The third-order valence-electron chi connectivity index (χ3n) is 2.58. The van der Waals surface area contributed by atoms with Crippen LogP contribution in [0.15, 0.2) is 12.3 Å². The zero-order valence-electron chi connectivity index (χ0n) is 9.27. The number of hydrogen-bond acceptors (Lipinski definition) is 2. The molecule has 14 heavy (non-hydrogen) atoms. The Morgan fingerprint density at radius 2 is 2.21 bits per heavy atom. The van der Waals surface area contributed by atoms with Gasteiger partial charge in [-0.2, -0.15) is 5.10 Å².